The lowest BCUT2D eigenvalue weighted by atomic mass is 9.83. The van der Waals surface area contributed by atoms with Crippen molar-refractivity contribution in [2.75, 3.05) is 6.61 Å². The number of thioether (sulfide) groups is 1. The molecule has 5 atom stereocenters. The minimum Gasteiger partial charge on any atom is -0.465 e. The number of halogens is 1. The molecule has 5 rings (SSSR count). The van der Waals surface area contributed by atoms with Crippen molar-refractivity contribution in [1.82, 2.24) is 0 Å². The Balaban J connectivity index is 1.36. The fraction of sp³-hybridized carbons (Fsp3) is 0.381. The predicted octanol–water partition coefficient (Wildman–Crippen LogP) is 11.2. The number of rotatable bonds is 13. The molecule has 1 fully saturated rings. The standard InChI is InChI=1S/C42H47IO5S/c1-27(29(3)43)22-23-30(26-37-28(2)25-31(47-37)15-14-24-46-41(45)42(4,5)6)40(44)48-38-35-20-12-10-18-33(35)34-19-11-13-21-36(34)39(38)49-32-16-8-7-9-17-32/h7-13,16-21,23,27,31,37-39H,2-3,14-15,22,24-26H2,1,4-6H3/b30-23-/t27-,31+,37+,38+,39+/m1/s1. The Morgan fingerprint density at radius 3 is 2.31 bits per heavy atom. The van der Waals surface area contributed by atoms with Gasteiger partial charge in [0.2, 0.25) is 0 Å². The van der Waals surface area contributed by atoms with E-state index in [0.717, 1.165) is 37.2 Å². The lowest BCUT2D eigenvalue weighted by Crippen LogP contribution is -2.24. The molecule has 49 heavy (non-hydrogen) atoms. The fourth-order valence-corrected chi connectivity index (χ4v) is 7.67. The summed E-state index contributed by atoms with van der Waals surface area (Å²) in [7, 11) is 0. The van der Waals surface area contributed by atoms with Crippen molar-refractivity contribution in [3.63, 3.8) is 0 Å². The van der Waals surface area contributed by atoms with Crippen LogP contribution < -0.4 is 0 Å². The molecule has 1 heterocycles. The van der Waals surface area contributed by atoms with Crippen LogP contribution in [0.1, 0.15) is 82.3 Å². The Labute approximate surface area is 309 Å². The molecule has 0 N–H and O–H groups in total. The van der Waals surface area contributed by atoms with Crippen molar-refractivity contribution in [2.45, 2.75) is 88.3 Å². The van der Waals surface area contributed by atoms with Gasteiger partial charge in [0.1, 0.15) is 6.10 Å². The van der Waals surface area contributed by atoms with Gasteiger partial charge >= 0.3 is 11.9 Å². The summed E-state index contributed by atoms with van der Waals surface area (Å²) in [4.78, 5) is 27.7. The highest BCUT2D eigenvalue weighted by Gasteiger charge is 2.38. The molecule has 2 aliphatic rings. The van der Waals surface area contributed by atoms with E-state index in [0.29, 0.717) is 37.9 Å². The largest absolute Gasteiger partial charge is 0.465 e. The first-order valence-electron chi connectivity index (χ1n) is 17.1. The van der Waals surface area contributed by atoms with E-state index in [1.165, 1.54) is 5.56 Å². The Morgan fingerprint density at radius 1 is 1.00 bits per heavy atom. The Bertz CT molecular complexity index is 1690. The quantitative estimate of drug-likeness (QED) is 0.0565. The third kappa shape index (κ3) is 9.56. The van der Waals surface area contributed by atoms with Crippen LogP contribution in [0, 0.1) is 11.3 Å². The van der Waals surface area contributed by atoms with E-state index in [4.69, 9.17) is 14.2 Å². The number of carbonyl (C=O) groups is 2. The molecule has 0 amide bonds. The van der Waals surface area contributed by atoms with Crippen LogP contribution in [0.25, 0.3) is 11.1 Å². The molecule has 0 spiro atoms. The van der Waals surface area contributed by atoms with Crippen LogP contribution in [0.3, 0.4) is 0 Å². The smallest absolute Gasteiger partial charge is 0.334 e. The monoisotopic (exact) mass is 790 g/mol. The first-order chi connectivity index (χ1) is 23.4. The van der Waals surface area contributed by atoms with Crippen LogP contribution in [0.15, 0.2) is 118 Å². The highest BCUT2D eigenvalue weighted by molar-refractivity contribution is 14.1. The van der Waals surface area contributed by atoms with Crippen molar-refractivity contribution < 1.29 is 23.8 Å². The molecule has 0 radical (unpaired) electrons. The minimum atomic E-state index is -0.523. The zero-order valence-electron chi connectivity index (χ0n) is 29.0. The van der Waals surface area contributed by atoms with Gasteiger partial charge in [-0.15, -0.1) is 11.8 Å². The molecule has 7 heteroatoms. The number of esters is 2. The van der Waals surface area contributed by atoms with Crippen molar-refractivity contribution >= 4 is 46.3 Å². The van der Waals surface area contributed by atoms with E-state index in [2.05, 4.69) is 91.2 Å². The summed E-state index contributed by atoms with van der Waals surface area (Å²) in [6, 6.07) is 27.0. The summed E-state index contributed by atoms with van der Waals surface area (Å²) < 4.78 is 19.6. The maximum Gasteiger partial charge on any atom is 0.334 e. The Hall–Kier alpha value is -3.14. The molecular weight excluding hydrogens is 743 g/mol. The normalized spacial score (nSPS) is 21.0. The van der Waals surface area contributed by atoms with Gasteiger partial charge in [0.05, 0.1) is 29.5 Å². The van der Waals surface area contributed by atoms with Crippen LogP contribution >= 0.6 is 34.4 Å². The number of ether oxygens (including phenoxy) is 3. The number of hydrogen-bond donors (Lipinski definition) is 0. The second kappa shape index (κ2) is 16.7. The fourth-order valence-electron chi connectivity index (χ4n) is 6.15. The van der Waals surface area contributed by atoms with Crippen molar-refractivity contribution in [3.8, 4) is 11.1 Å². The number of carbonyl (C=O) groups excluding carboxylic acids is 2. The first-order valence-corrected chi connectivity index (χ1v) is 19.0. The molecule has 0 bridgehead atoms. The summed E-state index contributed by atoms with van der Waals surface area (Å²) in [5, 5.41) is -0.138. The van der Waals surface area contributed by atoms with Crippen molar-refractivity contribution in [3.05, 3.63) is 124 Å². The highest BCUT2D eigenvalue weighted by atomic mass is 127. The molecule has 258 valence electrons. The molecule has 0 saturated carbocycles. The predicted molar refractivity (Wildman–Crippen MR) is 207 cm³/mol. The second-order valence-electron chi connectivity index (χ2n) is 14.0. The highest BCUT2D eigenvalue weighted by Crippen LogP contribution is 2.54. The molecule has 1 aliphatic heterocycles. The molecule has 0 aromatic heterocycles. The summed E-state index contributed by atoms with van der Waals surface area (Å²) in [5.41, 5.74) is 5.45. The van der Waals surface area contributed by atoms with E-state index in [-0.39, 0.29) is 35.3 Å². The maximum absolute atomic E-state index is 14.4. The first kappa shape index (κ1) is 37.1. The zero-order valence-corrected chi connectivity index (χ0v) is 31.9. The van der Waals surface area contributed by atoms with Crippen LogP contribution in [0.2, 0.25) is 0 Å². The van der Waals surface area contributed by atoms with E-state index in [1.54, 1.807) is 11.8 Å². The minimum absolute atomic E-state index is 0.0375. The topological polar surface area (TPSA) is 61.8 Å². The molecular formula is C42H47IO5S. The lowest BCUT2D eigenvalue weighted by Gasteiger charge is -2.35. The summed E-state index contributed by atoms with van der Waals surface area (Å²) >= 11 is 3.98. The van der Waals surface area contributed by atoms with Gasteiger partial charge < -0.3 is 14.2 Å². The van der Waals surface area contributed by atoms with Gasteiger partial charge in [0.15, 0.2) is 0 Å². The molecule has 1 aliphatic carbocycles. The number of fused-ring (bicyclic) bond motifs is 3. The summed E-state index contributed by atoms with van der Waals surface area (Å²) in [6.07, 6.45) is 4.39. The van der Waals surface area contributed by atoms with Gasteiger partial charge in [-0.2, -0.15) is 0 Å². The van der Waals surface area contributed by atoms with Gasteiger partial charge in [-0.1, -0.05) is 92.9 Å². The van der Waals surface area contributed by atoms with Crippen molar-refractivity contribution in [1.29, 1.82) is 0 Å². The van der Waals surface area contributed by atoms with Gasteiger partial charge in [0, 0.05) is 22.5 Å². The third-order valence-electron chi connectivity index (χ3n) is 9.08. The lowest BCUT2D eigenvalue weighted by molar-refractivity contribution is -0.153. The molecule has 0 unspecified atom stereocenters. The van der Waals surface area contributed by atoms with E-state index >= 15 is 0 Å². The van der Waals surface area contributed by atoms with Crippen LogP contribution in [0.4, 0.5) is 0 Å². The van der Waals surface area contributed by atoms with Gasteiger partial charge in [0.25, 0.3) is 0 Å². The Kier molecular flexibility index (Phi) is 12.7. The van der Waals surface area contributed by atoms with Gasteiger partial charge in [-0.25, -0.2) is 4.79 Å². The van der Waals surface area contributed by atoms with Gasteiger partial charge in [-0.3, -0.25) is 4.79 Å². The molecule has 3 aromatic rings. The number of hydrogen-bond acceptors (Lipinski definition) is 6. The number of benzene rings is 3. The van der Waals surface area contributed by atoms with E-state index in [9.17, 15) is 9.59 Å². The number of allylic oxidation sites excluding steroid dienone is 2. The second-order valence-corrected chi connectivity index (χ2v) is 16.6. The van der Waals surface area contributed by atoms with Gasteiger partial charge in [-0.05, 0) is 113 Å². The third-order valence-corrected chi connectivity index (χ3v) is 11.4. The summed E-state index contributed by atoms with van der Waals surface area (Å²) in [6.45, 7) is 16.5. The van der Waals surface area contributed by atoms with Crippen molar-refractivity contribution in [2.24, 2.45) is 11.3 Å². The van der Waals surface area contributed by atoms with E-state index in [1.807, 2.05) is 57.2 Å². The summed E-state index contributed by atoms with van der Waals surface area (Å²) in [5.74, 6) is -0.339. The molecule has 5 nitrogen and oxygen atoms in total. The average molecular weight is 791 g/mol. The average Bonchev–Trinajstić information content (AvgIpc) is 3.44. The van der Waals surface area contributed by atoms with Crippen LogP contribution in [-0.2, 0) is 23.8 Å². The maximum atomic E-state index is 14.4. The van der Waals surface area contributed by atoms with E-state index < -0.39 is 11.5 Å². The van der Waals surface area contributed by atoms with Crippen LogP contribution in [0.5, 0.6) is 0 Å². The zero-order chi connectivity index (χ0) is 35.1. The molecule has 3 aromatic carbocycles. The van der Waals surface area contributed by atoms with Crippen LogP contribution in [-0.4, -0.2) is 30.8 Å². The molecule has 1 saturated heterocycles. The Morgan fingerprint density at radius 2 is 1.63 bits per heavy atom. The SMILES string of the molecule is C=C(I)[C@H](C)C/C=C(/C[C@@H]1O[C@@H](CCCOC(=O)C(C)(C)C)CC1=C)C(=O)O[C@H]1c2ccccc2-c2ccccc2[C@@H]1Sc1ccccc1.